The van der Waals surface area contributed by atoms with E-state index in [1.807, 2.05) is 6.92 Å². The summed E-state index contributed by atoms with van der Waals surface area (Å²) in [4.78, 5) is 26.5. The zero-order valence-electron chi connectivity index (χ0n) is 13.4. The molecule has 0 saturated carbocycles. The Balaban J connectivity index is 1.75. The number of thiazole rings is 1. The minimum Gasteiger partial charge on any atom is -0.343 e. The van der Waals surface area contributed by atoms with Crippen LogP contribution >= 0.6 is 11.3 Å². The average molecular weight is 326 g/mol. The zero-order chi connectivity index (χ0) is 16.1. The van der Waals surface area contributed by atoms with Crippen LogP contribution in [-0.4, -0.2) is 21.5 Å². The number of aromatic amines is 1. The lowest BCUT2D eigenvalue weighted by Crippen LogP contribution is -2.35. The second kappa shape index (κ2) is 5.16. The highest BCUT2D eigenvalue weighted by atomic mass is 32.1. The molecular formula is C17H18N4OS. The molecule has 3 heterocycles. The molecule has 0 radical (unpaired) electrons. The van der Waals surface area contributed by atoms with Gasteiger partial charge in [0.2, 0.25) is 0 Å². The van der Waals surface area contributed by atoms with Gasteiger partial charge < -0.3 is 9.88 Å². The number of benzene rings is 1. The number of fused-ring (bicyclic) bond motifs is 2. The van der Waals surface area contributed by atoms with Crippen molar-refractivity contribution in [1.82, 2.24) is 15.0 Å². The van der Waals surface area contributed by atoms with E-state index in [2.05, 4.69) is 40.8 Å². The van der Waals surface area contributed by atoms with E-state index in [0.29, 0.717) is 12.4 Å². The lowest BCUT2D eigenvalue weighted by Gasteiger charge is -2.27. The van der Waals surface area contributed by atoms with Crippen LogP contribution in [0.15, 0.2) is 16.9 Å². The maximum absolute atomic E-state index is 12.2. The van der Waals surface area contributed by atoms with Crippen LogP contribution in [0.5, 0.6) is 0 Å². The van der Waals surface area contributed by atoms with E-state index in [-0.39, 0.29) is 5.56 Å². The summed E-state index contributed by atoms with van der Waals surface area (Å²) in [5.41, 5.74) is 5.20. The van der Waals surface area contributed by atoms with Crippen LogP contribution in [0.25, 0.3) is 10.2 Å². The molecule has 5 nitrogen and oxygen atoms in total. The van der Waals surface area contributed by atoms with Gasteiger partial charge in [0.05, 0.1) is 28.0 Å². The van der Waals surface area contributed by atoms with Gasteiger partial charge >= 0.3 is 0 Å². The minimum absolute atomic E-state index is 0.0228. The highest BCUT2D eigenvalue weighted by Crippen LogP contribution is 2.33. The number of hydrogen-bond donors (Lipinski definition) is 1. The summed E-state index contributed by atoms with van der Waals surface area (Å²) >= 11 is 1.70. The Kier molecular flexibility index (Phi) is 3.23. The largest absolute Gasteiger partial charge is 0.343 e. The van der Waals surface area contributed by atoms with E-state index in [1.54, 1.807) is 11.3 Å². The van der Waals surface area contributed by atoms with Gasteiger partial charge in [-0.3, -0.25) is 4.79 Å². The summed E-state index contributed by atoms with van der Waals surface area (Å²) in [6, 6.07) is 4.34. The smallest absolute Gasteiger partial charge is 0.256 e. The molecule has 0 atom stereocenters. The molecule has 2 aromatic heterocycles. The van der Waals surface area contributed by atoms with E-state index in [0.717, 1.165) is 34.9 Å². The van der Waals surface area contributed by atoms with Crippen LogP contribution in [0.3, 0.4) is 0 Å². The molecule has 23 heavy (non-hydrogen) atoms. The molecular weight excluding hydrogens is 308 g/mol. The van der Waals surface area contributed by atoms with Crippen LogP contribution in [0.2, 0.25) is 0 Å². The average Bonchev–Trinajstić information content (AvgIpc) is 2.91. The molecule has 0 bridgehead atoms. The van der Waals surface area contributed by atoms with Crippen molar-refractivity contribution < 1.29 is 0 Å². The summed E-state index contributed by atoms with van der Waals surface area (Å²) in [5, 5.41) is 0.985. The number of anilines is 1. The second-order valence-corrected chi connectivity index (χ2v) is 7.18. The summed E-state index contributed by atoms with van der Waals surface area (Å²) < 4.78 is 1.21. The molecule has 1 aliphatic heterocycles. The van der Waals surface area contributed by atoms with Crippen LogP contribution in [0.1, 0.15) is 28.2 Å². The van der Waals surface area contributed by atoms with Crippen molar-refractivity contribution in [3.8, 4) is 0 Å². The molecule has 1 N–H and O–H groups in total. The first-order valence-corrected chi connectivity index (χ1v) is 8.54. The molecule has 3 aromatic rings. The third-order valence-electron chi connectivity index (χ3n) is 4.28. The maximum Gasteiger partial charge on any atom is 0.256 e. The first-order valence-electron chi connectivity index (χ1n) is 7.72. The highest BCUT2D eigenvalue weighted by molar-refractivity contribution is 7.22. The molecule has 6 heteroatoms. The minimum atomic E-state index is -0.0228. The van der Waals surface area contributed by atoms with Crippen molar-refractivity contribution in [2.45, 2.75) is 33.7 Å². The van der Waals surface area contributed by atoms with Gasteiger partial charge in [-0.05, 0) is 38.0 Å². The van der Waals surface area contributed by atoms with Gasteiger partial charge in [-0.2, -0.15) is 0 Å². The number of hydrogen-bond acceptors (Lipinski definition) is 5. The van der Waals surface area contributed by atoms with Gasteiger partial charge in [-0.1, -0.05) is 17.4 Å². The standard InChI is InChI=1S/C17H18N4OS/c1-9-6-10(2)15-14(7-9)23-17(20-15)21-5-4-13-12(8-21)16(22)19-11(3)18-13/h6-7H,4-5,8H2,1-3H3,(H,18,19,22). The van der Waals surface area contributed by atoms with Crippen LogP contribution in [-0.2, 0) is 13.0 Å². The first kappa shape index (κ1) is 14.4. The van der Waals surface area contributed by atoms with Crippen molar-refractivity contribution in [2.75, 3.05) is 11.4 Å². The molecule has 1 aliphatic rings. The van der Waals surface area contributed by atoms with E-state index >= 15 is 0 Å². The van der Waals surface area contributed by atoms with E-state index in [9.17, 15) is 4.79 Å². The number of rotatable bonds is 1. The van der Waals surface area contributed by atoms with Gasteiger partial charge in [0, 0.05) is 13.0 Å². The quantitative estimate of drug-likeness (QED) is 0.747. The summed E-state index contributed by atoms with van der Waals surface area (Å²) in [5.74, 6) is 0.688. The fourth-order valence-corrected chi connectivity index (χ4v) is 4.37. The summed E-state index contributed by atoms with van der Waals surface area (Å²) in [7, 11) is 0. The topological polar surface area (TPSA) is 61.9 Å². The Hall–Kier alpha value is -2.21. The van der Waals surface area contributed by atoms with Crippen LogP contribution < -0.4 is 10.5 Å². The molecule has 0 spiro atoms. The number of nitrogens with zero attached hydrogens (tertiary/aromatic N) is 3. The second-order valence-electron chi connectivity index (χ2n) is 6.17. The fraction of sp³-hybridized carbons (Fsp3) is 0.353. The van der Waals surface area contributed by atoms with Crippen molar-refractivity contribution in [2.24, 2.45) is 0 Å². The SMILES string of the molecule is Cc1cc(C)c2nc(N3CCc4nc(C)[nH]c(=O)c4C3)sc2c1. The normalized spacial score (nSPS) is 14.3. The van der Waals surface area contributed by atoms with Crippen molar-refractivity contribution in [3.63, 3.8) is 0 Å². The van der Waals surface area contributed by atoms with Crippen molar-refractivity contribution in [3.05, 3.63) is 50.7 Å². The van der Waals surface area contributed by atoms with Gasteiger partial charge in [-0.25, -0.2) is 9.97 Å². The molecule has 118 valence electrons. The van der Waals surface area contributed by atoms with Gasteiger partial charge in [0.15, 0.2) is 5.13 Å². The Morgan fingerprint density at radius 1 is 1.22 bits per heavy atom. The Morgan fingerprint density at radius 3 is 2.87 bits per heavy atom. The maximum atomic E-state index is 12.2. The van der Waals surface area contributed by atoms with Gasteiger partial charge in [-0.15, -0.1) is 0 Å². The Morgan fingerprint density at radius 2 is 2.04 bits per heavy atom. The van der Waals surface area contributed by atoms with E-state index in [4.69, 9.17) is 4.98 Å². The fourth-order valence-electron chi connectivity index (χ4n) is 3.21. The molecule has 0 fully saturated rings. The molecule has 0 saturated heterocycles. The highest BCUT2D eigenvalue weighted by Gasteiger charge is 2.23. The zero-order valence-corrected chi connectivity index (χ0v) is 14.3. The predicted molar refractivity (Wildman–Crippen MR) is 93.4 cm³/mol. The molecule has 0 aliphatic carbocycles. The Bertz CT molecular complexity index is 973. The summed E-state index contributed by atoms with van der Waals surface area (Å²) in [6.45, 7) is 7.46. The number of aryl methyl sites for hydroxylation is 3. The Labute approximate surface area is 138 Å². The van der Waals surface area contributed by atoms with E-state index < -0.39 is 0 Å². The summed E-state index contributed by atoms with van der Waals surface area (Å²) in [6.07, 6.45) is 0.786. The van der Waals surface area contributed by atoms with E-state index in [1.165, 1.54) is 15.8 Å². The molecule has 4 rings (SSSR count). The molecule has 1 aromatic carbocycles. The lowest BCUT2D eigenvalue weighted by atomic mass is 10.1. The van der Waals surface area contributed by atoms with Gasteiger partial charge in [0.25, 0.3) is 5.56 Å². The third-order valence-corrected chi connectivity index (χ3v) is 5.34. The van der Waals surface area contributed by atoms with Crippen molar-refractivity contribution >= 4 is 26.7 Å². The monoisotopic (exact) mass is 326 g/mol. The lowest BCUT2D eigenvalue weighted by molar-refractivity contribution is 0.690. The van der Waals surface area contributed by atoms with Crippen LogP contribution in [0.4, 0.5) is 5.13 Å². The number of H-pyrrole nitrogens is 1. The molecule has 0 unspecified atom stereocenters. The van der Waals surface area contributed by atoms with Crippen molar-refractivity contribution in [1.29, 1.82) is 0 Å². The number of aromatic nitrogens is 3. The first-order chi connectivity index (χ1) is 11.0. The predicted octanol–water partition coefficient (Wildman–Crippen LogP) is 2.87. The van der Waals surface area contributed by atoms with Crippen LogP contribution in [0, 0.1) is 20.8 Å². The van der Waals surface area contributed by atoms with Gasteiger partial charge in [0.1, 0.15) is 5.82 Å². The third kappa shape index (κ3) is 2.43. The number of nitrogens with one attached hydrogen (secondary N) is 1. The molecule has 0 amide bonds.